The standard InChI is InChI=1S/C15H12O4/c16-10-14(17)19-13-9-5-4-8-12(13)15(18)11-6-2-1-3-7-11/h1-9,16H,10H2. The van der Waals surface area contributed by atoms with Crippen LogP contribution in [0.1, 0.15) is 15.9 Å². The first-order valence-electron chi connectivity index (χ1n) is 5.72. The highest BCUT2D eigenvalue weighted by Crippen LogP contribution is 2.21. The minimum Gasteiger partial charge on any atom is -0.424 e. The van der Waals surface area contributed by atoms with Gasteiger partial charge in [0.2, 0.25) is 0 Å². The molecule has 2 aromatic rings. The highest BCUT2D eigenvalue weighted by molar-refractivity contribution is 6.10. The van der Waals surface area contributed by atoms with Crippen LogP contribution in [0, 0.1) is 0 Å². The maximum absolute atomic E-state index is 12.3. The van der Waals surface area contributed by atoms with Crippen LogP contribution in [-0.4, -0.2) is 23.5 Å². The number of rotatable bonds is 4. The molecule has 0 saturated carbocycles. The van der Waals surface area contributed by atoms with Crippen molar-refractivity contribution in [1.82, 2.24) is 0 Å². The molecule has 0 aliphatic rings. The fraction of sp³-hybridized carbons (Fsp3) is 0.0667. The van der Waals surface area contributed by atoms with Gasteiger partial charge >= 0.3 is 5.97 Å². The lowest BCUT2D eigenvalue weighted by Crippen LogP contribution is -2.14. The molecule has 0 radical (unpaired) electrons. The Morgan fingerprint density at radius 2 is 1.58 bits per heavy atom. The molecule has 0 heterocycles. The molecular weight excluding hydrogens is 244 g/mol. The molecule has 0 aliphatic carbocycles. The zero-order chi connectivity index (χ0) is 13.7. The number of para-hydroxylation sites is 1. The zero-order valence-electron chi connectivity index (χ0n) is 10.1. The Kier molecular flexibility index (Phi) is 4.05. The Balaban J connectivity index is 2.35. The summed E-state index contributed by atoms with van der Waals surface area (Å²) in [5.41, 5.74) is 0.797. The summed E-state index contributed by atoms with van der Waals surface area (Å²) in [6.07, 6.45) is 0. The van der Waals surface area contributed by atoms with Crippen molar-refractivity contribution in [2.75, 3.05) is 6.61 Å². The van der Waals surface area contributed by atoms with Crippen molar-refractivity contribution < 1.29 is 19.4 Å². The number of esters is 1. The minimum atomic E-state index is -0.798. The number of hydrogen-bond acceptors (Lipinski definition) is 4. The van der Waals surface area contributed by atoms with Crippen molar-refractivity contribution in [2.24, 2.45) is 0 Å². The van der Waals surface area contributed by atoms with E-state index in [4.69, 9.17) is 9.84 Å². The fourth-order valence-corrected chi connectivity index (χ4v) is 1.64. The second-order valence-electron chi connectivity index (χ2n) is 3.82. The van der Waals surface area contributed by atoms with E-state index in [1.165, 1.54) is 6.07 Å². The molecule has 0 unspecified atom stereocenters. The first kappa shape index (κ1) is 13.0. The van der Waals surface area contributed by atoms with Crippen molar-refractivity contribution in [3.63, 3.8) is 0 Å². The van der Waals surface area contributed by atoms with Crippen LogP contribution in [-0.2, 0) is 4.79 Å². The summed E-state index contributed by atoms with van der Waals surface area (Å²) < 4.78 is 4.93. The molecule has 4 nitrogen and oxygen atoms in total. The number of carbonyl (C=O) groups excluding carboxylic acids is 2. The Morgan fingerprint density at radius 3 is 2.26 bits per heavy atom. The van der Waals surface area contributed by atoms with E-state index in [0.29, 0.717) is 5.56 Å². The zero-order valence-corrected chi connectivity index (χ0v) is 10.1. The second kappa shape index (κ2) is 5.93. The van der Waals surface area contributed by atoms with E-state index >= 15 is 0 Å². The van der Waals surface area contributed by atoms with Crippen molar-refractivity contribution in [3.8, 4) is 5.75 Å². The van der Waals surface area contributed by atoms with E-state index in [1.54, 1.807) is 42.5 Å². The van der Waals surface area contributed by atoms with E-state index < -0.39 is 12.6 Å². The smallest absolute Gasteiger partial charge is 0.337 e. The molecule has 0 saturated heterocycles. The van der Waals surface area contributed by atoms with Crippen molar-refractivity contribution >= 4 is 11.8 Å². The summed E-state index contributed by atoms with van der Waals surface area (Å²) >= 11 is 0. The summed E-state index contributed by atoms with van der Waals surface area (Å²) in [6, 6.07) is 15.1. The number of ether oxygens (including phenoxy) is 1. The highest BCUT2D eigenvalue weighted by Gasteiger charge is 2.15. The molecule has 0 amide bonds. The molecule has 0 aromatic heterocycles. The second-order valence-corrected chi connectivity index (χ2v) is 3.82. The summed E-state index contributed by atoms with van der Waals surface area (Å²) in [4.78, 5) is 23.4. The number of ketones is 1. The number of aliphatic hydroxyl groups is 1. The molecule has 19 heavy (non-hydrogen) atoms. The van der Waals surface area contributed by atoms with Gasteiger partial charge in [-0.1, -0.05) is 42.5 Å². The fourth-order valence-electron chi connectivity index (χ4n) is 1.64. The third kappa shape index (κ3) is 3.05. The molecule has 2 rings (SSSR count). The molecular formula is C15H12O4. The molecule has 2 aromatic carbocycles. The molecule has 1 N–H and O–H groups in total. The topological polar surface area (TPSA) is 63.6 Å². The van der Waals surface area contributed by atoms with E-state index in [0.717, 1.165) is 0 Å². The third-order valence-electron chi connectivity index (χ3n) is 2.52. The predicted octanol–water partition coefficient (Wildman–Crippen LogP) is 1.82. The Morgan fingerprint density at radius 1 is 0.947 bits per heavy atom. The Hall–Kier alpha value is -2.46. The van der Waals surface area contributed by atoms with Gasteiger partial charge in [-0.25, -0.2) is 4.79 Å². The number of carbonyl (C=O) groups is 2. The van der Waals surface area contributed by atoms with Gasteiger partial charge in [0.05, 0.1) is 5.56 Å². The van der Waals surface area contributed by atoms with Crippen LogP contribution < -0.4 is 4.74 Å². The van der Waals surface area contributed by atoms with Crippen LogP contribution in [0.4, 0.5) is 0 Å². The summed E-state index contributed by atoms with van der Waals surface area (Å²) in [5.74, 6) is -0.884. The molecule has 0 atom stereocenters. The maximum atomic E-state index is 12.3. The lowest BCUT2D eigenvalue weighted by molar-refractivity contribution is -0.137. The molecule has 0 aliphatic heterocycles. The van der Waals surface area contributed by atoms with Crippen molar-refractivity contribution in [1.29, 1.82) is 0 Å². The van der Waals surface area contributed by atoms with Gasteiger partial charge < -0.3 is 9.84 Å². The van der Waals surface area contributed by atoms with Crippen molar-refractivity contribution in [3.05, 3.63) is 65.7 Å². The minimum absolute atomic E-state index is 0.149. The SMILES string of the molecule is O=C(CO)Oc1ccccc1C(=O)c1ccccc1. The van der Waals surface area contributed by atoms with Crippen LogP contribution in [0.25, 0.3) is 0 Å². The quantitative estimate of drug-likeness (QED) is 0.515. The summed E-state index contributed by atoms with van der Waals surface area (Å²) in [6.45, 7) is -0.728. The van der Waals surface area contributed by atoms with Gasteiger partial charge in [-0.2, -0.15) is 0 Å². The van der Waals surface area contributed by atoms with Gasteiger partial charge in [0.15, 0.2) is 5.78 Å². The lowest BCUT2D eigenvalue weighted by Gasteiger charge is -2.08. The number of aliphatic hydroxyl groups excluding tert-OH is 1. The largest absolute Gasteiger partial charge is 0.424 e. The van der Waals surface area contributed by atoms with Gasteiger partial charge in [0, 0.05) is 5.56 Å². The van der Waals surface area contributed by atoms with Crippen LogP contribution in [0.5, 0.6) is 5.75 Å². The monoisotopic (exact) mass is 256 g/mol. The van der Waals surface area contributed by atoms with E-state index in [1.807, 2.05) is 6.07 Å². The molecule has 0 spiro atoms. The first-order chi connectivity index (χ1) is 9.22. The number of benzene rings is 2. The molecule has 96 valence electrons. The van der Waals surface area contributed by atoms with Crippen LogP contribution in [0.3, 0.4) is 0 Å². The number of hydrogen-bond donors (Lipinski definition) is 1. The van der Waals surface area contributed by atoms with Crippen LogP contribution in [0.2, 0.25) is 0 Å². The summed E-state index contributed by atoms with van der Waals surface area (Å²) in [7, 11) is 0. The van der Waals surface area contributed by atoms with Gasteiger partial charge in [-0.3, -0.25) is 4.79 Å². The summed E-state index contributed by atoms with van der Waals surface area (Å²) in [5, 5.41) is 8.68. The van der Waals surface area contributed by atoms with Gasteiger partial charge in [-0.05, 0) is 12.1 Å². The van der Waals surface area contributed by atoms with Gasteiger partial charge in [-0.15, -0.1) is 0 Å². The highest BCUT2D eigenvalue weighted by atomic mass is 16.5. The van der Waals surface area contributed by atoms with Gasteiger partial charge in [0.25, 0.3) is 0 Å². The van der Waals surface area contributed by atoms with E-state index in [2.05, 4.69) is 0 Å². The lowest BCUT2D eigenvalue weighted by atomic mass is 10.0. The normalized spacial score (nSPS) is 9.95. The Bertz CT molecular complexity index is 590. The third-order valence-corrected chi connectivity index (χ3v) is 2.52. The predicted molar refractivity (Wildman–Crippen MR) is 69.0 cm³/mol. The Labute approximate surface area is 110 Å². The first-order valence-corrected chi connectivity index (χ1v) is 5.72. The maximum Gasteiger partial charge on any atom is 0.337 e. The van der Waals surface area contributed by atoms with E-state index in [9.17, 15) is 9.59 Å². The average molecular weight is 256 g/mol. The van der Waals surface area contributed by atoms with Crippen molar-refractivity contribution in [2.45, 2.75) is 0 Å². The van der Waals surface area contributed by atoms with Crippen LogP contribution in [0.15, 0.2) is 54.6 Å². The molecule has 4 heteroatoms. The van der Waals surface area contributed by atoms with Gasteiger partial charge in [0.1, 0.15) is 12.4 Å². The van der Waals surface area contributed by atoms with Crippen LogP contribution >= 0.6 is 0 Å². The average Bonchev–Trinajstić information content (AvgIpc) is 2.48. The van der Waals surface area contributed by atoms with E-state index in [-0.39, 0.29) is 17.1 Å². The molecule has 0 bridgehead atoms. The molecule has 0 fully saturated rings.